The Balaban J connectivity index is 1.44. The standard InChI is InChI=1S/C25H32ClFN7O7P/c1-13(2)38-21(35)14(3)32-42(37,40-15-9-7-6-8-10-15)41-22-24(11-26)25(22,36)17(27)20(39-24)34-12-29-16-18(33(4)5)30-23(28)31-19(16)34/h6-10,12-14,17,20,22,36H,11H2,1-5H3,(H,32,37)(H2,28,30,31)/t14-,17-,20+,22?,24+,25+,42?/m0/s1. The number of carbonyl (C=O) groups excluding carboxylic acids is 1. The van der Waals surface area contributed by atoms with E-state index in [1.54, 1.807) is 51.0 Å². The van der Waals surface area contributed by atoms with Gasteiger partial charge in [-0.05, 0) is 32.9 Å². The molecule has 1 aliphatic heterocycles. The molecule has 1 aliphatic carbocycles. The Hall–Kier alpha value is -3.07. The maximum Gasteiger partial charge on any atom is 0.459 e. The van der Waals surface area contributed by atoms with Gasteiger partial charge in [0.1, 0.15) is 23.5 Å². The first-order chi connectivity index (χ1) is 19.8. The van der Waals surface area contributed by atoms with E-state index in [0.717, 1.165) is 0 Å². The molecule has 17 heteroatoms. The lowest BCUT2D eigenvalue weighted by atomic mass is 10.1. The van der Waals surface area contributed by atoms with E-state index in [1.165, 1.54) is 30.0 Å². The van der Waals surface area contributed by atoms with Gasteiger partial charge in [0.15, 0.2) is 35.0 Å². The number of ether oxygens (including phenoxy) is 2. The molecule has 3 heterocycles. The van der Waals surface area contributed by atoms with E-state index in [-0.39, 0.29) is 17.3 Å². The maximum absolute atomic E-state index is 16.2. The normalized spacial score (nSPS) is 28.7. The predicted molar refractivity (Wildman–Crippen MR) is 151 cm³/mol. The molecule has 2 unspecified atom stereocenters. The zero-order valence-corrected chi connectivity index (χ0v) is 25.1. The van der Waals surface area contributed by atoms with Crippen LogP contribution in [0.1, 0.15) is 27.0 Å². The Labute approximate surface area is 245 Å². The molecule has 3 aromatic rings. The van der Waals surface area contributed by atoms with Crippen molar-refractivity contribution in [1.82, 2.24) is 24.6 Å². The minimum Gasteiger partial charge on any atom is -0.462 e. The van der Waals surface area contributed by atoms with Crippen LogP contribution in [0.4, 0.5) is 16.2 Å². The van der Waals surface area contributed by atoms with Crippen LogP contribution in [0.25, 0.3) is 11.2 Å². The van der Waals surface area contributed by atoms with Gasteiger partial charge in [-0.25, -0.2) is 13.9 Å². The summed E-state index contributed by atoms with van der Waals surface area (Å²) in [6.07, 6.45) is -4.28. The first-order valence-electron chi connectivity index (χ1n) is 13.0. The van der Waals surface area contributed by atoms with E-state index in [9.17, 15) is 14.5 Å². The molecule has 7 atom stereocenters. The molecule has 4 N–H and O–H groups in total. The first-order valence-corrected chi connectivity index (χ1v) is 15.1. The summed E-state index contributed by atoms with van der Waals surface area (Å²) in [7, 11) is -1.02. The number of nitrogens with one attached hydrogen (secondary N) is 1. The summed E-state index contributed by atoms with van der Waals surface area (Å²) in [5.41, 5.74) is 2.20. The fraction of sp³-hybridized carbons (Fsp3) is 0.520. The van der Waals surface area contributed by atoms with Crippen LogP contribution in [0.15, 0.2) is 36.7 Å². The number of hydrogen-bond donors (Lipinski definition) is 3. The Kier molecular flexibility index (Phi) is 7.88. The number of fused-ring (bicyclic) bond motifs is 2. The summed E-state index contributed by atoms with van der Waals surface area (Å²) in [5, 5.41) is 14.1. The first kappa shape index (κ1) is 30.4. The molecule has 14 nitrogen and oxygen atoms in total. The van der Waals surface area contributed by atoms with Crippen LogP contribution < -0.4 is 20.2 Å². The highest BCUT2D eigenvalue weighted by molar-refractivity contribution is 7.52. The number of imidazole rings is 1. The fourth-order valence-electron chi connectivity index (χ4n) is 4.96. The Morgan fingerprint density at radius 2 is 2.00 bits per heavy atom. The Bertz CT molecular complexity index is 1530. The van der Waals surface area contributed by atoms with Gasteiger partial charge in [-0.2, -0.15) is 15.1 Å². The summed E-state index contributed by atoms with van der Waals surface area (Å²) in [6, 6.07) is 6.85. The summed E-state index contributed by atoms with van der Waals surface area (Å²) in [5.74, 6) is -0.707. The smallest absolute Gasteiger partial charge is 0.459 e. The third kappa shape index (κ3) is 4.97. The van der Waals surface area contributed by atoms with Gasteiger partial charge in [-0.1, -0.05) is 18.2 Å². The van der Waals surface area contributed by atoms with Gasteiger partial charge in [0.05, 0.1) is 18.3 Å². The van der Waals surface area contributed by atoms with Crippen LogP contribution >= 0.6 is 19.3 Å². The SMILES string of the molecule is CC(C)OC(=O)[C@H](C)NP(=O)(Oc1ccccc1)OC1[C@@]2(CCl)O[C@@H](n3cnc4c(N(C)C)nc(N)nc43)[C@H](F)[C@@]12O. The number of halogens is 2. The Morgan fingerprint density at radius 1 is 1.31 bits per heavy atom. The highest BCUT2D eigenvalue weighted by Gasteiger charge is 2.90. The van der Waals surface area contributed by atoms with Crippen LogP contribution in [0.5, 0.6) is 5.75 Å². The number of aliphatic hydroxyl groups is 1. The molecule has 228 valence electrons. The molecule has 0 bridgehead atoms. The number of hydrogen-bond acceptors (Lipinski definition) is 12. The molecule has 2 fully saturated rings. The van der Waals surface area contributed by atoms with Crippen LogP contribution in [0, 0.1) is 0 Å². The lowest BCUT2D eigenvalue weighted by Crippen LogP contribution is -2.38. The third-order valence-corrected chi connectivity index (χ3v) is 9.05. The molecular formula is C25H32ClFN7O7P. The van der Waals surface area contributed by atoms with Crippen molar-refractivity contribution in [3.05, 3.63) is 36.7 Å². The van der Waals surface area contributed by atoms with E-state index in [1.807, 2.05) is 0 Å². The van der Waals surface area contributed by atoms with Crippen LogP contribution in [-0.4, -0.2) is 86.2 Å². The van der Waals surface area contributed by atoms with Crippen molar-refractivity contribution in [2.24, 2.45) is 0 Å². The highest BCUT2D eigenvalue weighted by atomic mass is 35.5. The van der Waals surface area contributed by atoms with Gasteiger partial charge in [0.25, 0.3) is 0 Å². The molecule has 0 amide bonds. The number of nitrogens with zero attached hydrogens (tertiary/aromatic N) is 5. The van der Waals surface area contributed by atoms with Gasteiger partial charge < -0.3 is 29.7 Å². The summed E-state index contributed by atoms with van der Waals surface area (Å²) < 4.78 is 54.2. The van der Waals surface area contributed by atoms with Gasteiger partial charge in [0.2, 0.25) is 5.95 Å². The molecule has 42 heavy (non-hydrogen) atoms. The van der Waals surface area contributed by atoms with Crippen molar-refractivity contribution < 1.29 is 37.4 Å². The van der Waals surface area contributed by atoms with Gasteiger partial charge in [0, 0.05) is 14.1 Å². The molecule has 0 radical (unpaired) electrons. The van der Waals surface area contributed by atoms with Gasteiger partial charge in [-0.3, -0.25) is 13.9 Å². The van der Waals surface area contributed by atoms with E-state index in [4.69, 9.17) is 35.9 Å². The van der Waals surface area contributed by atoms with E-state index in [2.05, 4.69) is 20.0 Å². The maximum atomic E-state index is 16.2. The lowest BCUT2D eigenvalue weighted by Gasteiger charge is -2.27. The fourth-order valence-corrected chi connectivity index (χ4v) is 7.12. The zero-order chi connectivity index (χ0) is 30.6. The molecule has 2 aromatic heterocycles. The second-order valence-corrected chi connectivity index (χ2v) is 12.5. The number of carbonyl (C=O) groups is 1. The van der Waals surface area contributed by atoms with E-state index < -0.39 is 61.4 Å². The topological polar surface area (TPSA) is 176 Å². The second kappa shape index (κ2) is 10.9. The molecular weight excluding hydrogens is 596 g/mol. The molecule has 1 aromatic carbocycles. The van der Waals surface area contributed by atoms with E-state index in [0.29, 0.717) is 11.3 Å². The van der Waals surface area contributed by atoms with Crippen molar-refractivity contribution in [2.75, 3.05) is 30.6 Å². The van der Waals surface area contributed by atoms with Crippen molar-refractivity contribution in [2.45, 2.75) is 62.6 Å². The number of rotatable bonds is 11. The quantitative estimate of drug-likeness (QED) is 0.161. The van der Waals surface area contributed by atoms with Crippen LogP contribution in [-0.2, 0) is 23.4 Å². The number of para-hydroxylation sites is 1. The summed E-state index contributed by atoms with van der Waals surface area (Å²) in [4.78, 5) is 26.8. The summed E-state index contributed by atoms with van der Waals surface area (Å²) in [6.45, 7) is 4.72. The minimum atomic E-state index is -4.49. The Morgan fingerprint density at radius 3 is 2.60 bits per heavy atom. The lowest BCUT2D eigenvalue weighted by molar-refractivity contribution is -0.149. The largest absolute Gasteiger partial charge is 0.462 e. The van der Waals surface area contributed by atoms with Crippen LogP contribution in [0.2, 0.25) is 0 Å². The average molecular weight is 628 g/mol. The number of benzene rings is 1. The minimum absolute atomic E-state index is 0.0753. The number of aromatic nitrogens is 4. The molecule has 5 rings (SSSR count). The van der Waals surface area contributed by atoms with Crippen LogP contribution in [0.3, 0.4) is 0 Å². The zero-order valence-electron chi connectivity index (χ0n) is 23.5. The van der Waals surface area contributed by atoms with E-state index >= 15 is 4.39 Å². The number of nitrogen functional groups attached to an aromatic ring is 1. The van der Waals surface area contributed by atoms with Gasteiger partial charge in [-0.15, -0.1) is 11.6 Å². The molecule has 0 spiro atoms. The van der Waals surface area contributed by atoms with Crippen molar-refractivity contribution in [3.8, 4) is 5.75 Å². The number of nitrogens with two attached hydrogens (primary N) is 1. The molecule has 1 saturated heterocycles. The molecule has 1 saturated carbocycles. The predicted octanol–water partition coefficient (Wildman–Crippen LogP) is 2.57. The third-order valence-electron chi connectivity index (χ3n) is 7.01. The van der Waals surface area contributed by atoms with Crippen molar-refractivity contribution in [3.63, 3.8) is 0 Å². The average Bonchev–Trinajstić information content (AvgIpc) is 3.16. The number of anilines is 2. The monoisotopic (exact) mass is 627 g/mol. The van der Waals surface area contributed by atoms with Gasteiger partial charge >= 0.3 is 13.7 Å². The van der Waals surface area contributed by atoms with Crippen molar-refractivity contribution in [1.29, 1.82) is 0 Å². The number of esters is 1. The van der Waals surface area contributed by atoms with Crippen molar-refractivity contribution >= 4 is 48.2 Å². The number of alkyl halides is 2. The summed E-state index contributed by atoms with van der Waals surface area (Å²) >= 11 is 6.25. The molecule has 2 aliphatic rings. The second-order valence-electron chi connectivity index (χ2n) is 10.6. The highest BCUT2D eigenvalue weighted by Crippen LogP contribution is 2.69.